The highest BCUT2D eigenvalue weighted by Crippen LogP contribution is 2.29. The lowest BCUT2D eigenvalue weighted by Crippen LogP contribution is -2.01. The number of nitrogens with one attached hydrogen (secondary N) is 1. The molecule has 1 aromatic carbocycles. The fourth-order valence-electron chi connectivity index (χ4n) is 2.22. The van der Waals surface area contributed by atoms with Crippen LogP contribution in [0.2, 0.25) is 10.0 Å². The maximum Gasteiger partial charge on any atom is 0.184 e. The van der Waals surface area contributed by atoms with E-state index in [9.17, 15) is 4.39 Å². The van der Waals surface area contributed by atoms with Gasteiger partial charge in [-0.1, -0.05) is 23.2 Å². The van der Waals surface area contributed by atoms with Crippen molar-refractivity contribution in [1.82, 2.24) is 19.3 Å². The quantitative estimate of drug-likeness (QED) is 0.537. The number of halogens is 3. The van der Waals surface area contributed by atoms with E-state index in [-0.39, 0.29) is 10.0 Å². The molecule has 3 rings (SSSR count). The van der Waals surface area contributed by atoms with Crippen molar-refractivity contribution in [3.8, 4) is 5.69 Å². The van der Waals surface area contributed by atoms with Crippen LogP contribution in [0.4, 0.5) is 4.39 Å². The first-order valence-electron chi connectivity index (χ1n) is 5.69. The van der Waals surface area contributed by atoms with E-state index in [1.807, 2.05) is 6.92 Å². The zero-order chi connectivity index (χ0) is 14.6. The van der Waals surface area contributed by atoms with Crippen molar-refractivity contribution in [2.45, 2.75) is 6.92 Å². The van der Waals surface area contributed by atoms with Gasteiger partial charge >= 0.3 is 0 Å². The number of imidazole rings is 1. The first-order chi connectivity index (χ1) is 9.40. The molecule has 8 heteroatoms. The van der Waals surface area contributed by atoms with Crippen molar-refractivity contribution in [2.24, 2.45) is 7.05 Å². The van der Waals surface area contributed by atoms with Crippen LogP contribution in [0.5, 0.6) is 0 Å². The lowest BCUT2D eigenvalue weighted by atomic mass is 10.3. The van der Waals surface area contributed by atoms with Gasteiger partial charge in [0.1, 0.15) is 5.52 Å². The molecule has 0 amide bonds. The summed E-state index contributed by atoms with van der Waals surface area (Å²) in [6.45, 7) is 1.88. The van der Waals surface area contributed by atoms with Crippen LogP contribution in [0.1, 0.15) is 5.69 Å². The molecule has 0 saturated carbocycles. The van der Waals surface area contributed by atoms with E-state index >= 15 is 0 Å². The Morgan fingerprint density at radius 2 is 1.90 bits per heavy atom. The largest absolute Gasteiger partial charge is 0.327 e. The molecule has 4 nitrogen and oxygen atoms in total. The number of hydrogen-bond donors (Lipinski definition) is 1. The zero-order valence-electron chi connectivity index (χ0n) is 10.5. The Morgan fingerprint density at radius 3 is 2.50 bits per heavy atom. The van der Waals surface area contributed by atoms with Crippen molar-refractivity contribution in [3.63, 3.8) is 0 Å². The Labute approximate surface area is 128 Å². The molecular formula is C12H9Cl2FN4S. The highest BCUT2D eigenvalue weighted by molar-refractivity contribution is 7.71. The molecule has 20 heavy (non-hydrogen) atoms. The van der Waals surface area contributed by atoms with Crippen LogP contribution in [0, 0.1) is 17.5 Å². The first-order valence-corrected chi connectivity index (χ1v) is 6.86. The van der Waals surface area contributed by atoms with Crippen LogP contribution in [0.3, 0.4) is 0 Å². The third kappa shape index (κ3) is 1.87. The van der Waals surface area contributed by atoms with Gasteiger partial charge < -0.3 is 4.98 Å². The molecule has 0 aliphatic rings. The number of rotatable bonds is 1. The minimum Gasteiger partial charge on any atom is -0.327 e. The molecule has 0 bridgehead atoms. The topological polar surface area (TPSA) is 38.5 Å². The maximum atomic E-state index is 13.5. The summed E-state index contributed by atoms with van der Waals surface area (Å²) in [6, 6.07) is 2.96. The molecule has 0 aliphatic carbocycles. The van der Waals surface area contributed by atoms with Gasteiger partial charge in [0.25, 0.3) is 0 Å². The number of benzene rings is 1. The van der Waals surface area contributed by atoms with E-state index in [2.05, 4.69) is 10.1 Å². The average Bonchev–Trinajstić information content (AvgIpc) is 2.84. The van der Waals surface area contributed by atoms with Crippen LogP contribution in [0.25, 0.3) is 16.9 Å². The molecule has 0 unspecified atom stereocenters. The second kappa shape index (κ2) is 4.58. The van der Waals surface area contributed by atoms with Crippen molar-refractivity contribution in [1.29, 1.82) is 0 Å². The summed E-state index contributed by atoms with van der Waals surface area (Å²) in [7, 11) is 1.81. The van der Waals surface area contributed by atoms with Gasteiger partial charge in [-0.3, -0.25) is 4.57 Å². The van der Waals surface area contributed by atoms with Crippen LogP contribution in [-0.2, 0) is 7.05 Å². The number of nitrogens with zero attached hydrogens (tertiary/aromatic N) is 3. The fourth-order valence-corrected chi connectivity index (χ4v) is 2.99. The van der Waals surface area contributed by atoms with Crippen molar-refractivity contribution >= 4 is 46.6 Å². The third-order valence-corrected chi connectivity index (χ3v) is 3.90. The molecule has 0 fully saturated rings. The van der Waals surface area contributed by atoms with Gasteiger partial charge in [0.2, 0.25) is 0 Å². The second-order valence-corrected chi connectivity index (χ2v) is 5.60. The summed E-state index contributed by atoms with van der Waals surface area (Å²) in [5, 5.41) is 4.21. The van der Waals surface area contributed by atoms with Crippen LogP contribution < -0.4 is 0 Å². The minimum atomic E-state index is -0.642. The number of fused-ring (bicyclic) bond motifs is 1. The SMILES string of the molecule is Cc1nn(C)c2c1[nH]c(=S)n2-c1cc(Cl)c(F)c(Cl)c1. The highest BCUT2D eigenvalue weighted by Gasteiger charge is 2.16. The van der Waals surface area contributed by atoms with Crippen molar-refractivity contribution < 1.29 is 4.39 Å². The average molecular weight is 331 g/mol. The number of H-pyrrole nitrogens is 1. The summed E-state index contributed by atoms with van der Waals surface area (Å²) in [6.07, 6.45) is 0. The molecule has 0 aliphatic heterocycles. The number of hydrogen-bond acceptors (Lipinski definition) is 2. The molecule has 1 N–H and O–H groups in total. The van der Waals surface area contributed by atoms with Gasteiger partial charge in [-0.15, -0.1) is 0 Å². The van der Waals surface area contributed by atoms with E-state index < -0.39 is 5.82 Å². The van der Waals surface area contributed by atoms with E-state index in [0.717, 1.165) is 16.9 Å². The summed E-state index contributed by atoms with van der Waals surface area (Å²) in [5.41, 5.74) is 3.01. The van der Waals surface area contributed by atoms with Crippen molar-refractivity contribution in [3.05, 3.63) is 38.5 Å². The molecule has 0 atom stereocenters. The number of aryl methyl sites for hydroxylation is 2. The monoisotopic (exact) mass is 330 g/mol. The van der Waals surface area contributed by atoms with Gasteiger partial charge in [-0.05, 0) is 31.3 Å². The Kier molecular flexibility index (Phi) is 3.12. The smallest absolute Gasteiger partial charge is 0.184 e. The summed E-state index contributed by atoms with van der Waals surface area (Å²) >= 11 is 17.0. The second-order valence-electron chi connectivity index (χ2n) is 4.40. The molecule has 0 radical (unpaired) electrons. The summed E-state index contributed by atoms with van der Waals surface area (Å²) < 4.78 is 17.4. The molecule has 0 spiro atoms. The van der Waals surface area contributed by atoms with Crippen LogP contribution in [0.15, 0.2) is 12.1 Å². The van der Waals surface area contributed by atoms with Crippen molar-refractivity contribution in [2.75, 3.05) is 0 Å². The summed E-state index contributed by atoms with van der Waals surface area (Å²) in [4.78, 5) is 3.08. The molecule has 0 saturated heterocycles. The Hall–Kier alpha value is -1.37. The summed E-state index contributed by atoms with van der Waals surface area (Å²) in [5.74, 6) is -0.642. The minimum absolute atomic E-state index is 0.0531. The molecule has 2 heterocycles. The molecule has 104 valence electrons. The van der Waals surface area contributed by atoms with Gasteiger partial charge in [-0.25, -0.2) is 9.07 Å². The molecule has 2 aromatic heterocycles. The lowest BCUT2D eigenvalue weighted by Gasteiger charge is -2.07. The zero-order valence-corrected chi connectivity index (χ0v) is 12.9. The normalized spacial score (nSPS) is 11.4. The van der Waals surface area contributed by atoms with E-state index in [0.29, 0.717) is 10.5 Å². The van der Waals surface area contributed by atoms with Gasteiger partial charge in [0.15, 0.2) is 16.2 Å². The number of aromatic nitrogens is 4. The van der Waals surface area contributed by atoms with Gasteiger partial charge in [-0.2, -0.15) is 5.10 Å². The lowest BCUT2D eigenvalue weighted by molar-refractivity contribution is 0.628. The third-order valence-electron chi connectivity index (χ3n) is 3.07. The first kappa shape index (κ1) is 13.6. The maximum absolute atomic E-state index is 13.5. The van der Waals surface area contributed by atoms with E-state index in [4.69, 9.17) is 35.4 Å². The number of aromatic amines is 1. The van der Waals surface area contributed by atoms with E-state index in [1.165, 1.54) is 12.1 Å². The Bertz CT molecular complexity index is 870. The molecular weight excluding hydrogens is 322 g/mol. The molecule has 3 aromatic rings. The fraction of sp³-hybridized carbons (Fsp3) is 0.167. The van der Waals surface area contributed by atoms with E-state index in [1.54, 1.807) is 16.3 Å². The predicted octanol–water partition coefficient (Wildman–Crippen LogP) is 4.18. The van der Waals surface area contributed by atoms with Gasteiger partial charge in [0.05, 0.1) is 21.4 Å². The van der Waals surface area contributed by atoms with Crippen LogP contribution >= 0.6 is 35.4 Å². The van der Waals surface area contributed by atoms with Crippen LogP contribution in [-0.4, -0.2) is 19.3 Å². The van der Waals surface area contributed by atoms with Gasteiger partial charge in [0, 0.05) is 7.05 Å². The standard InChI is InChI=1S/C12H9Cl2FN4S/c1-5-10-11(18(2)17-5)19(12(20)16-10)6-3-7(13)9(15)8(14)4-6/h3-4H,1-2H3,(H,16,20). The Morgan fingerprint density at radius 1 is 1.30 bits per heavy atom. The predicted molar refractivity (Wildman–Crippen MR) is 79.9 cm³/mol. The Balaban J connectivity index is 2.40. The highest BCUT2D eigenvalue weighted by atomic mass is 35.5.